The van der Waals surface area contributed by atoms with Gasteiger partial charge >= 0.3 is 5.97 Å². The molecule has 0 aliphatic carbocycles. The normalized spacial score (nSPS) is 21.8. The highest BCUT2D eigenvalue weighted by Gasteiger charge is 2.27. The Labute approximate surface area is 99.1 Å². The number of piperidine rings is 1. The molecule has 1 aliphatic heterocycles. The Hall–Kier alpha value is -0.570. The highest BCUT2D eigenvalue weighted by atomic mass is 16.6. The van der Waals surface area contributed by atoms with Crippen molar-refractivity contribution in [3.63, 3.8) is 0 Å². The lowest BCUT2D eigenvalue weighted by molar-refractivity contribution is -0.156. The van der Waals surface area contributed by atoms with E-state index in [9.17, 15) is 4.79 Å². The molecule has 0 N–H and O–H groups in total. The van der Waals surface area contributed by atoms with E-state index in [1.807, 2.05) is 20.8 Å². The molecular formula is C13H25NO2. The molecule has 1 rings (SSSR count). The van der Waals surface area contributed by atoms with E-state index >= 15 is 0 Å². The zero-order valence-corrected chi connectivity index (χ0v) is 11.3. The Morgan fingerprint density at radius 3 is 2.19 bits per heavy atom. The highest BCUT2D eigenvalue weighted by Crippen LogP contribution is 2.29. The molecule has 1 heterocycles. The second kappa shape index (κ2) is 4.74. The van der Waals surface area contributed by atoms with Gasteiger partial charge in [0.2, 0.25) is 0 Å². The molecule has 0 saturated carbocycles. The van der Waals surface area contributed by atoms with Crippen LogP contribution in [0.25, 0.3) is 0 Å². The van der Waals surface area contributed by atoms with Gasteiger partial charge in [0.25, 0.3) is 0 Å². The van der Waals surface area contributed by atoms with Crippen LogP contribution in [-0.2, 0) is 9.53 Å². The monoisotopic (exact) mass is 227 g/mol. The van der Waals surface area contributed by atoms with Crippen LogP contribution in [0.15, 0.2) is 0 Å². The first-order valence-electron chi connectivity index (χ1n) is 6.12. The average Bonchev–Trinajstić information content (AvgIpc) is 2.05. The first-order chi connectivity index (χ1) is 7.18. The molecule has 16 heavy (non-hydrogen) atoms. The predicted octanol–water partition coefficient (Wildman–Crippen LogP) is 2.45. The summed E-state index contributed by atoms with van der Waals surface area (Å²) in [5.74, 6) is -0.104. The molecule has 1 saturated heterocycles. The third-order valence-electron chi connectivity index (χ3n) is 2.98. The van der Waals surface area contributed by atoms with Gasteiger partial charge in [0.1, 0.15) is 5.60 Å². The summed E-state index contributed by atoms with van der Waals surface area (Å²) in [5, 5.41) is 0. The molecule has 0 amide bonds. The second-order valence-electron chi connectivity index (χ2n) is 6.53. The summed E-state index contributed by atoms with van der Waals surface area (Å²) in [7, 11) is 0. The van der Waals surface area contributed by atoms with E-state index in [4.69, 9.17) is 4.74 Å². The van der Waals surface area contributed by atoms with Gasteiger partial charge in [-0.25, -0.2) is 0 Å². The third-order valence-corrected chi connectivity index (χ3v) is 2.98. The summed E-state index contributed by atoms with van der Waals surface area (Å²) in [4.78, 5) is 13.8. The van der Waals surface area contributed by atoms with Gasteiger partial charge in [0, 0.05) is 0 Å². The first-order valence-corrected chi connectivity index (χ1v) is 6.12. The van der Waals surface area contributed by atoms with Crippen LogP contribution in [0.5, 0.6) is 0 Å². The molecule has 0 aromatic heterocycles. The first kappa shape index (κ1) is 13.5. The zero-order chi connectivity index (χ0) is 12.4. The quantitative estimate of drug-likeness (QED) is 0.679. The average molecular weight is 227 g/mol. The Kier molecular flexibility index (Phi) is 4.00. The number of hydrogen-bond donors (Lipinski definition) is 0. The van der Waals surface area contributed by atoms with Crippen LogP contribution in [0.3, 0.4) is 0 Å². The fourth-order valence-corrected chi connectivity index (χ4v) is 1.87. The van der Waals surface area contributed by atoms with Gasteiger partial charge in [-0.15, -0.1) is 0 Å². The van der Waals surface area contributed by atoms with Crippen LogP contribution in [0, 0.1) is 5.41 Å². The zero-order valence-electron chi connectivity index (χ0n) is 11.3. The largest absolute Gasteiger partial charge is 0.459 e. The highest BCUT2D eigenvalue weighted by molar-refractivity contribution is 5.72. The van der Waals surface area contributed by atoms with E-state index in [1.54, 1.807) is 0 Å². The maximum absolute atomic E-state index is 11.6. The maximum Gasteiger partial charge on any atom is 0.320 e. The van der Waals surface area contributed by atoms with E-state index < -0.39 is 0 Å². The van der Waals surface area contributed by atoms with Gasteiger partial charge in [-0.3, -0.25) is 9.69 Å². The number of nitrogens with zero attached hydrogens (tertiary/aromatic N) is 1. The van der Waals surface area contributed by atoms with Crippen LogP contribution in [0.4, 0.5) is 0 Å². The SMILES string of the molecule is CC1(C)CCN(CC(=O)OC(C)(C)C)CC1. The standard InChI is InChI=1S/C13H25NO2/c1-12(2,3)16-11(15)10-14-8-6-13(4,5)7-9-14/h6-10H2,1-5H3. The van der Waals surface area contributed by atoms with Crippen molar-refractivity contribution < 1.29 is 9.53 Å². The van der Waals surface area contributed by atoms with Crippen molar-refractivity contribution in [1.29, 1.82) is 0 Å². The molecule has 0 atom stereocenters. The lowest BCUT2D eigenvalue weighted by Crippen LogP contribution is -2.41. The molecule has 1 fully saturated rings. The Morgan fingerprint density at radius 2 is 1.75 bits per heavy atom. The second-order valence-corrected chi connectivity index (χ2v) is 6.53. The van der Waals surface area contributed by atoms with Gasteiger partial charge in [0.05, 0.1) is 6.54 Å². The van der Waals surface area contributed by atoms with Gasteiger partial charge in [0.15, 0.2) is 0 Å². The molecule has 94 valence electrons. The van der Waals surface area contributed by atoms with E-state index in [1.165, 1.54) is 0 Å². The van der Waals surface area contributed by atoms with Crippen molar-refractivity contribution in [2.24, 2.45) is 5.41 Å². The number of carbonyl (C=O) groups is 1. The van der Waals surface area contributed by atoms with Crippen LogP contribution in [0.2, 0.25) is 0 Å². The van der Waals surface area contributed by atoms with Gasteiger partial charge in [-0.05, 0) is 52.1 Å². The van der Waals surface area contributed by atoms with Crippen LogP contribution >= 0.6 is 0 Å². The Morgan fingerprint density at radius 1 is 1.25 bits per heavy atom. The number of likely N-dealkylation sites (tertiary alicyclic amines) is 1. The number of ether oxygens (including phenoxy) is 1. The topological polar surface area (TPSA) is 29.5 Å². The fourth-order valence-electron chi connectivity index (χ4n) is 1.87. The minimum absolute atomic E-state index is 0.104. The summed E-state index contributed by atoms with van der Waals surface area (Å²) in [6.45, 7) is 12.8. The molecule has 0 aromatic carbocycles. The molecular weight excluding hydrogens is 202 g/mol. The smallest absolute Gasteiger partial charge is 0.320 e. The van der Waals surface area contributed by atoms with Crippen LogP contribution < -0.4 is 0 Å². The van der Waals surface area contributed by atoms with Crippen molar-refractivity contribution in [3.8, 4) is 0 Å². The number of esters is 1. The van der Waals surface area contributed by atoms with E-state index in [2.05, 4.69) is 18.7 Å². The fraction of sp³-hybridized carbons (Fsp3) is 0.923. The van der Waals surface area contributed by atoms with Gasteiger partial charge in [-0.1, -0.05) is 13.8 Å². The minimum atomic E-state index is -0.369. The molecule has 0 radical (unpaired) electrons. The summed E-state index contributed by atoms with van der Waals surface area (Å²) >= 11 is 0. The lowest BCUT2D eigenvalue weighted by atomic mass is 9.83. The number of rotatable bonds is 2. The molecule has 0 unspecified atom stereocenters. The van der Waals surface area contributed by atoms with Gasteiger partial charge in [-0.2, -0.15) is 0 Å². The Balaban J connectivity index is 2.32. The van der Waals surface area contributed by atoms with Crippen molar-refractivity contribution in [2.45, 2.75) is 53.1 Å². The van der Waals surface area contributed by atoms with Crippen LogP contribution in [-0.4, -0.2) is 36.1 Å². The molecule has 3 nitrogen and oxygen atoms in total. The summed E-state index contributed by atoms with van der Waals surface area (Å²) in [6.07, 6.45) is 2.32. The van der Waals surface area contributed by atoms with E-state index in [-0.39, 0.29) is 11.6 Å². The predicted molar refractivity (Wildman–Crippen MR) is 65.3 cm³/mol. The van der Waals surface area contributed by atoms with Crippen molar-refractivity contribution in [1.82, 2.24) is 4.90 Å². The van der Waals surface area contributed by atoms with Crippen molar-refractivity contribution in [3.05, 3.63) is 0 Å². The number of hydrogen-bond acceptors (Lipinski definition) is 3. The molecule has 0 bridgehead atoms. The summed E-state index contributed by atoms with van der Waals surface area (Å²) in [6, 6.07) is 0. The van der Waals surface area contributed by atoms with Gasteiger partial charge < -0.3 is 4.74 Å². The third kappa shape index (κ3) is 4.97. The maximum atomic E-state index is 11.6. The molecule has 0 aromatic rings. The van der Waals surface area contributed by atoms with E-state index in [0.717, 1.165) is 25.9 Å². The number of carbonyl (C=O) groups excluding carboxylic acids is 1. The van der Waals surface area contributed by atoms with E-state index in [0.29, 0.717) is 12.0 Å². The molecule has 1 aliphatic rings. The summed E-state index contributed by atoms with van der Waals surface area (Å²) < 4.78 is 5.31. The molecule has 0 spiro atoms. The molecule has 3 heteroatoms. The van der Waals surface area contributed by atoms with Crippen molar-refractivity contribution in [2.75, 3.05) is 19.6 Å². The van der Waals surface area contributed by atoms with Crippen molar-refractivity contribution >= 4 is 5.97 Å². The summed E-state index contributed by atoms with van der Waals surface area (Å²) in [5.41, 5.74) is 0.0660. The van der Waals surface area contributed by atoms with Crippen LogP contribution in [0.1, 0.15) is 47.5 Å². The Bertz CT molecular complexity index is 243. The minimum Gasteiger partial charge on any atom is -0.459 e. The lowest BCUT2D eigenvalue weighted by Gasteiger charge is -2.36.